The molecule has 0 spiro atoms. The summed E-state index contributed by atoms with van der Waals surface area (Å²) in [5.41, 5.74) is 2.54. The van der Waals surface area contributed by atoms with Crippen LogP contribution in [0.5, 0.6) is 0 Å². The van der Waals surface area contributed by atoms with Crippen LogP contribution in [-0.2, 0) is 0 Å². The lowest BCUT2D eigenvalue weighted by molar-refractivity contribution is 0.871. The zero-order valence-corrected chi connectivity index (χ0v) is 8.06. The minimum Gasteiger partial charge on any atom is -0.198 e. The maximum Gasteiger partial charge on any atom is 0.0625 e. The van der Waals surface area contributed by atoms with E-state index in [4.69, 9.17) is 5.26 Å². The predicted molar refractivity (Wildman–Crippen MR) is 52.7 cm³/mol. The van der Waals surface area contributed by atoms with Crippen LogP contribution >= 0.6 is 0 Å². The lowest BCUT2D eigenvalue weighted by Gasteiger charge is -1.99. The summed E-state index contributed by atoms with van der Waals surface area (Å²) in [6.45, 7) is 8.10. The van der Waals surface area contributed by atoms with Crippen LogP contribution < -0.4 is 0 Å². The van der Waals surface area contributed by atoms with Crippen LogP contribution in [0.4, 0.5) is 0 Å². The van der Waals surface area contributed by atoms with Gasteiger partial charge in [-0.1, -0.05) is 23.8 Å². The topological polar surface area (TPSA) is 23.8 Å². The lowest BCUT2D eigenvalue weighted by Crippen LogP contribution is -1.80. The van der Waals surface area contributed by atoms with Gasteiger partial charge < -0.3 is 0 Å². The predicted octanol–water partition coefficient (Wildman–Crippen LogP) is 3.59. The summed E-state index contributed by atoms with van der Waals surface area (Å²) < 4.78 is 0. The third-order valence-electron chi connectivity index (χ3n) is 1.64. The van der Waals surface area contributed by atoms with Gasteiger partial charge in [0.1, 0.15) is 0 Å². The van der Waals surface area contributed by atoms with E-state index in [-0.39, 0.29) is 0 Å². The molecule has 0 unspecified atom stereocenters. The molecule has 0 heterocycles. The van der Waals surface area contributed by atoms with Crippen LogP contribution in [0, 0.1) is 11.3 Å². The van der Waals surface area contributed by atoms with E-state index in [1.807, 2.05) is 0 Å². The minimum atomic E-state index is 0.605. The number of nitrogens with zero attached hydrogens (tertiary/aromatic N) is 1. The first kappa shape index (κ1) is 11.0. The highest BCUT2D eigenvalue weighted by molar-refractivity contribution is 5.01. The molecule has 0 saturated carbocycles. The molecular formula is C11H17N. The first-order chi connectivity index (χ1) is 5.66. The van der Waals surface area contributed by atoms with Crippen molar-refractivity contribution >= 4 is 0 Å². The summed E-state index contributed by atoms with van der Waals surface area (Å²) in [5, 5.41) is 8.33. The van der Waals surface area contributed by atoms with Gasteiger partial charge in [0.2, 0.25) is 0 Å². The van der Waals surface area contributed by atoms with Crippen molar-refractivity contribution in [2.45, 2.75) is 39.5 Å². The molecule has 66 valence electrons. The summed E-state index contributed by atoms with van der Waals surface area (Å²) >= 11 is 0. The summed E-state index contributed by atoms with van der Waals surface area (Å²) in [6.07, 6.45) is 5.75. The Balaban J connectivity index is 3.46. The minimum absolute atomic E-state index is 0.605. The number of rotatable bonds is 5. The van der Waals surface area contributed by atoms with Crippen LogP contribution in [0.25, 0.3) is 0 Å². The molecule has 0 aliphatic heterocycles. The molecule has 0 radical (unpaired) electrons. The van der Waals surface area contributed by atoms with Crippen molar-refractivity contribution in [2.24, 2.45) is 0 Å². The first-order valence-electron chi connectivity index (χ1n) is 4.33. The van der Waals surface area contributed by atoms with Gasteiger partial charge in [0.15, 0.2) is 0 Å². The molecular weight excluding hydrogens is 146 g/mol. The Morgan fingerprint density at radius 3 is 2.58 bits per heavy atom. The molecule has 1 heteroatoms. The van der Waals surface area contributed by atoms with E-state index in [0.717, 1.165) is 19.3 Å². The van der Waals surface area contributed by atoms with Crippen LogP contribution in [0.15, 0.2) is 23.8 Å². The molecule has 0 fully saturated rings. The second kappa shape index (κ2) is 6.67. The highest BCUT2D eigenvalue weighted by Crippen LogP contribution is 2.10. The van der Waals surface area contributed by atoms with Gasteiger partial charge in [-0.05, 0) is 33.1 Å². The van der Waals surface area contributed by atoms with E-state index in [2.05, 4.69) is 32.6 Å². The molecule has 0 atom stereocenters. The molecule has 0 rings (SSSR count). The number of nitriles is 1. The largest absolute Gasteiger partial charge is 0.198 e. The third kappa shape index (κ3) is 7.08. The summed E-state index contributed by atoms with van der Waals surface area (Å²) in [6, 6.07) is 2.12. The van der Waals surface area contributed by atoms with Crippen molar-refractivity contribution in [2.75, 3.05) is 0 Å². The van der Waals surface area contributed by atoms with Crippen LogP contribution in [0.3, 0.4) is 0 Å². The Hall–Kier alpha value is -1.03. The molecule has 0 bridgehead atoms. The normalized spacial score (nSPS) is 8.75. The average molecular weight is 163 g/mol. The maximum atomic E-state index is 8.33. The van der Waals surface area contributed by atoms with Crippen molar-refractivity contribution < 1.29 is 0 Å². The lowest BCUT2D eigenvalue weighted by atomic mass is 10.1. The van der Waals surface area contributed by atoms with Crippen molar-refractivity contribution in [1.82, 2.24) is 0 Å². The number of hydrogen-bond donors (Lipinski definition) is 0. The Morgan fingerprint density at radius 2 is 2.08 bits per heavy atom. The standard InChI is InChI=1S/C11H17N/c1-10(2)6-4-7-11(3)8-5-9-12/h6H,3-5,7-8H2,1-2H3. The molecule has 0 aromatic rings. The van der Waals surface area contributed by atoms with Gasteiger partial charge in [0, 0.05) is 6.42 Å². The van der Waals surface area contributed by atoms with E-state index >= 15 is 0 Å². The van der Waals surface area contributed by atoms with Crippen molar-refractivity contribution in [3.8, 4) is 6.07 Å². The smallest absolute Gasteiger partial charge is 0.0625 e. The van der Waals surface area contributed by atoms with E-state index in [1.165, 1.54) is 11.1 Å². The monoisotopic (exact) mass is 163 g/mol. The van der Waals surface area contributed by atoms with Crippen LogP contribution in [0.2, 0.25) is 0 Å². The van der Waals surface area contributed by atoms with E-state index in [0.29, 0.717) is 6.42 Å². The van der Waals surface area contributed by atoms with Gasteiger partial charge in [-0.25, -0.2) is 0 Å². The summed E-state index contributed by atoms with van der Waals surface area (Å²) in [5.74, 6) is 0. The fourth-order valence-corrected chi connectivity index (χ4v) is 0.923. The third-order valence-corrected chi connectivity index (χ3v) is 1.64. The highest BCUT2D eigenvalue weighted by Gasteiger charge is 1.92. The van der Waals surface area contributed by atoms with Crippen molar-refractivity contribution in [3.63, 3.8) is 0 Å². The Bertz CT molecular complexity index is 202. The molecule has 0 amide bonds. The molecule has 12 heavy (non-hydrogen) atoms. The van der Waals surface area contributed by atoms with Gasteiger partial charge in [0.25, 0.3) is 0 Å². The molecule has 0 aromatic carbocycles. The van der Waals surface area contributed by atoms with Crippen LogP contribution in [0.1, 0.15) is 39.5 Å². The second-order valence-corrected chi connectivity index (χ2v) is 3.23. The van der Waals surface area contributed by atoms with Gasteiger partial charge >= 0.3 is 0 Å². The maximum absolute atomic E-state index is 8.33. The fraction of sp³-hybridized carbons (Fsp3) is 0.545. The quantitative estimate of drug-likeness (QED) is 0.568. The second-order valence-electron chi connectivity index (χ2n) is 3.23. The van der Waals surface area contributed by atoms with Gasteiger partial charge in [0.05, 0.1) is 6.07 Å². The molecule has 0 aliphatic carbocycles. The zero-order valence-electron chi connectivity index (χ0n) is 8.06. The SMILES string of the molecule is C=C(CCC#N)CCC=C(C)C. The zero-order chi connectivity index (χ0) is 9.40. The molecule has 0 aromatic heterocycles. The van der Waals surface area contributed by atoms with E-state index < -0.39 is 0 Å². The Morgan fingerprint density at radius 1 is 1.42 bits per heavy atom. The summed E-state index contributed by atoms with van der Waals surface area (Å²) in [4.78, 5) is 0. The molecule has 0 aliphatic rings. The van der Waals surface area contributed by atoms with E-state index in [1.54, 1.807) is 0 Å². The Labute approximate surface area is 75.4 Å². The fourth-order valence-electron chi connectivity index (χ4n) is 0.923. The van der Waals surface area contributed by atoms with Gasteiger partial charge in [-0.15, -0.1) is 0 Å². The van der Waals surface area contributed by atoms with Gasteiger partial charge in [-0.2, -0.15) is 5.26 Å². The van der Waals surface area contributed by atoms with Gasteiger partial charge in [-0.3, -0.25) is 0 Å². The van der Waals surface area contributed by atoms with Crippen molar-refractivity contribution in [3.05, 3.63) is 23.8 Å². The number of hydrogen-bond acceptors (Lipinski definition) is 1. The van der Waals surface area contributed by atoms with Crippen molar-refractivity contribution in [1.29, 1.82) is 5.26 Å². The Kier molecular flexibility index (Phi) is 6.09. The molecule has 1 nitrogen and oxygen atoms in total. The van der Waals surface area contributed by atoms with Crippen LogP contribution in [-0.4, -0.2) is 0 Å². The molecule has 0 N–H and O–H groups in total. The van der Waals surface area contributed by atoms with E-state index in [9.17, 15) is 0 Å². The number of allylic oxidation sites excluding steroid dienone is 3. The average Bonchev–Trinajstić information content (AvgIpc) is 2.00. The summed E-state index contributed by atoms with van der Waals surface area (Å²) in [7, 11) is 0. The molecule has 0 saturated heterocycles. The first-order valence-corrected chi connectivity index (χ1v) is 4.33. The highest BCUT2D eigenvalue weighted by atomic mass is 14.2.